The van der Waals surface area contributed by atoms with E-state index in [1.165, 1.54) is 0 Å². The van der Waals surface area contributed by atoms with Crippen LogP contribution in [0.1, 0.15) is 0 Å². The van der Waals surface area contributed by atoms with E-state index in [9.17, 15) is 4.79 Å². The van der Waals surface area contributed by atoms with Crippen LogP contribution in [0.5, 0.6) is 11.6 Å². The van der Waals surface area contributed by atoms with Gasteiger partial charge in [-0.05, 0) is 46.3 Å². The summed E-state index contributed by atoms with van der Waals surface area (Å²) in [7, 11) is 0. The van der Waals surface area contributed by atoms with Crippen molar-refractivity contribution in [1.29, 1.82) is 0 Å². The first kappa shape index (κ1) is 16.8. The summed E-state index contributed by atoms with van der Waals surface area (Å²) >= 11 is 15.4. The number of hydrogen-bond acceptors (Lipinski definition) is 3. The molecule has 0 aliphatic carbocycles. The average molecular weight is 427 g/mol. The largest absolute Gasteiger partial charge is 0.436 e. The lowest BCUT2D eigenvalue weighted by Crippen LogP contribution is -1.97. The van der Waals surface area contributed by atoms with E-state index in [-0.39, 0.29) is 0 Å². The van der Waals surface area contributed by atoms with E-state index >= 15 is 0 Å². The van der Waals surface area contributed by atoms with E-state index in [1.807, 2.05) is 12.1 Å². The minimum Gasteiger partial charge on any atom is -0.436 e. The van der Waals surface area contributed by atoms with E-state index in [1.54, 1.807) is 41.2 Å². The van der Waals surface area contributed by atoms with Crippen LogP contribution in [0.3, 0.4) is 0 Å². The molecule has 0 aliphatic heterocycles. The molecule has 0 atom stereocenters. The fourth-order valence-electron chi connectivity index (χ4n) is 1.99. The molecular weight excluding hydrogens is 417 g/mol. The molecule has 122 valence electrons. The highest BCUT2D eigenvalue weighted by Crippen LogP contribution is 2.36. The van der Waals surface area contributed by atoms with E-state index in [0.717, 1.165) is 5.69 Å². The van der Waals surface area contributed by atoms with Crippen LogP contribution in [0.2, 0.25) is 10.0 Å². The van der Waals surface area contributed by atoms with Crippen LogP contribution in [0.4, 0.5) is 5.69 Å². The first-order valence-corrected chi connectivity index (χ1v) is 8.30. The van der Waals surface area contributed by atoms with Crippen molar-refractivity contribution < 1.29 is 9.53 Å². The number of halogens is 3. The van der Waals surface area contributed by atoms with Crippen molar-refractivity contribution >= 4 is 51.2 Å². The number of carbonyl (C=O) groups excluding carboxylic acids is 1. The first-order chi connectivity index (χ1) is 11.6. The Morgan fingerprint density at radius 2 is 1.92 bits per heavy atom. The van der Waals surface area contributed by atoms with Crippen molar-refractivity contribution in [2.45, 2.75) is 0 Å². The SMILES string of the molecule is O=CNc1cc(Br)c(Oc2ccn(-c3ccc(Cl)cc3)n2)cc1Cl. The van der Waals surface area contributed by atoms with Gasteiger partial charge in [-0.1, -0.05) is 23.2 Å². The number of amides is 1. The number of anilines is 1. The molecule has 3 aromatic rings. The summed E-state index contributed by atoms with van der Waals surface area (Å²) in [6.07, 6.45) is 2.33. The zero-order valence-corrected chi connectivity index (χ0v) is 15.1. The molecule has 2 aromatic carbocycles. The van der Waals surface area contributed by atoms with Gasteiger partial charge in [0.2, 0.25) is 12.3 Å². The van der Waals surface area contributed by atoms with Crippen LogP contribution in [-0.2, 0) is 4.79 Å². The predicted octanol–water partition coefficient (Wildman–Crippen LogP) is 5.30. The van der Waals surface area contributed by atoms with Gasteiger partial charge in [0.1, 0.15) is 5.75 Å². The van der Waals surface area contributed by atoms with Crippen molar-refractivity contribution in [2.75, 3.05) is 5.32 Å². The number of aromatic nitrogens is 2. The van der Waals surface area contributed by atoms with Gasteiger partial charge in [0.25, 0.3) is 0 Å². The normalized spacial score (nSPS) is 10.5. The van der Waals surface area contributed by atoms with Crippen LogP contribution < -0.4 is 10.1 Å². The maximum Gasteiger partial charge on any atom is 0.238 e. The van der Waals surface area contributed by atoms with Gasteiger partial charge in [-0.3, -0.25) is 4.79 Å². The smallest absolute Gasteiger partial charge is 0.238 e. The number of rotatable bonds is 5. The molecule has 5 nitrogen and oxygen atoms in total. The Kier molecular flexibility index (Phi) is 5.08. The quantitative estimate of drug-likeness (QED) is 0.563. The standard InChI is InChI=1S/C16H10BrCl2N3O2/c17-12-7-14(20-9-23)13(19)8-15(12)24-16-5-6-22(21-16)11-3-1-10(18)2-4-11/h1-9H,(H,20,23). The van der Waals surface area contributed by atoms with E-state index in [4.69, 9.17) is 27.9 Å². The summed E-state index contributed by atoms with van der Waals surface area (Å²) in [5.41, 5.74) is 1.34. The van der Waals surface area contributed by atoms with Gasteiger partial charge in [-0.25, -0.2) is 4.68 Å². The third-order valence-electron chi connectivity index (χ3n) is 3.11. The molecule has 3 rings (SSSR count). The van der Waals surface area contributed by atoms with Crippen LogP contribution in [0.25, 0.3) is 5.69 Å². The molecule has 0 aliphatic rings. The van der Waals surface area contributed by atoms with Crippen LogP contribution >= 0.6 is 39.1 Å². The zero-order chi connectivity index (χ0) is 17.1. The van der Waals surface area contributed by atoms with Crippen molar-refractivity contribution in [3.05, 3.63) is 63.2 Å². The number of nitrogens with zero attached hydrogens (tertiary/aromatic N) is 2. The molecule has 0 radical (unpaired) electrons. The molecule has 0 bridgehead atoms. The van der Waals surface area contributed by atoms with Gasteiger partial charge in [0.05, 0.1) is 20.9 Å². The third kappa shape index (κ3) is 3.72. The number of benzene rings is 2. The Hall–Kier alpha value is -2.02. The Morgan fingerprint density at radius 3 is 2.62 bits per heavy atom. The molecule has 0 unspecified atom stereocenters. The van der Waals surface area contributed by atoms with Crippen molar-refractivity contribution in [1.82, 2.24) is 9.78 Å². The summed E-state index contributed by atoms with van der Waals surface area (Å²) in [5, 5.41) is 7.88. The molecule has 0 fully saturated rings. The first-order valence-electron chi connectivity index (χ1n) is 6.75. The van der Waals surface area contributed by atoms with Crippen LogP contribution in [0.15, 0.2) is 53.1 Å². The second-order valence-corrected chi connectivity index (χ2v) is 6.40. The Bertz CT molecular complexity index is 882. The second kappa shape index (κ2) is 7.25. The summed E-state index contributed by atoms with van der Waals surface area (Å²) < 4.78 is 8.05. The third-order valence-corrected chi connectivity index (χ3v) is 4.29. The van der Waals surface area contributed by atoms with Crippen LogP contribution in [0, 0.1) is 0 Å². The van der Waals surface area contributed by atoms with Gasteiger partial charge >= 0.3 is 0 Å². The Balaban J connectivity index is 1.83. The summed E-state index contributed by atoms with van der Waals surface area (Å²) in [5.74, 6) is 0.885. The van der Waals surface area contributed by atoms with Gasteiger partial charge in [0.15, 0.2) is 0 Å². The van der Waals surface area contributed by atoms with E-state index in [0.29, 0.717) is 38.2 Å². The zero-order valence-electron chi connectivity index (χ0n) is 12.0. The average Bonchev–Trinajstić information content (AvgIpc) is 3.01. The number of hydrogen-bond donors (Lipinski definition) is 1. The maximum absolute atomic E-state index is 10.5. The highest BCUT2D eigenvalue weighted by atomic mass is 79.9. The molecule has 24 heavy (non-hydrogen) atoms. The lowest BCUT2D eigenvalue weighted by molar-refractivity contribution is -0.105. The predicted molar refractivity (Wildman–Crippen MR) is 97.5 cm³/mol. The molecule has 1 amide bonds. The Morgan fingerprint density at radius 1 is 1.17 bits per heavy atom. The van der Waals surface area contributed by atoms with E-state index < -0.39 is 0 Å². The number of nitrogens with one attached hydrogen (secondary N) is 1. The van der Waals surface area contributed by atoms with Gasteiger partial charge in [0, 0.05) is 23.4 Å². The lowest BCUT2D eigenvalue weighted by atomic mass is 10.3. The number of carbonyl (C=O) groups is 1. The molecule has 0 spiro atoms. The topological polar surface area (TPSA) is 56.1 Å². The van der Waals surface area contributed by atoms with Crippen LogP contribution in [-0.4, -0.2) is 16.2 Å². The highest BCUT2D eigenvalue weighted by Gasteiger charge is 2.11. The molecule has 8 heteroatoms. The maximum atomic E-state index is 10.5. The van der Waals surface area contributed by atoms with Crippen molar-refractivity contribution in [3.8, 4) is 17.3 Å². The molecule has 1 aromatic heterocycles. The van der Waals surface area contributed by atoms with Gasteiger partial charge in [-0.15, -0.1) is 5.10 Å². The highest BCUT2D eigenvalue weighted by molar-refractivity contribution is 9.10. The summed E-state index contributed by atoms with van der Waals surface area (Å²) in [6.45, 7) is 0. The van der Waals surface area contributed by atoms with E-state index in [2.05, 4.69) is 26.3 Å². The van der Waals surface area contributed by atoms with Gasteiger partial charge in [-0.2, -0.15) is 0 Å². The monoisotopic (exact) mass is 425 g/mol. The number of ether oxygens (including phenoxy) is 1. The molecule has 0 saturated heterocycles. The molecule has 0 saturated carbocycles. The minimum atomic E-state index is 0.359. The van der Waals surface area contributed by atoms with Crippen molar-refractivity contribution in [2.24, 2.45) is 0 Å². The van der Waals surface area contributed by atoms with Gasteiger partial charge < -0.3 is 10.1 Å². The minimum absolute atomic E-state index is 0.359. The lowest BCUT2D eigenvalue weighted by Gasteiger charge is -2.09. The van der Waals surface area contributed by atoms with Crippen molar-refractivity contribution in [3.63, 3.8) is 0 Å². The fourth-order valence-corrected chi connectivity index (χ4v) is 2.75. The summed E-state index contributed by atoms with van der Waals surface area (Å²) in [6, 6.07) is 12.3. The molecular formula is C16H10BrCl2N3O2. The molecule has 1 N–H and O–H groups in total. The Labute approximate surface area is 156 Å². The molecule has 1 heterocycles. The summed E-state index contributed by atoms with van der Waals surface area (Å²) in [4.78, 5) is 10.5. The second-order valence-electron chi connectivity index (χ2n) is 4.70. The fraction of sp³-hybridized carbons (Fsp3) is 0.